The number of rotatable bonds is 4. The second-order valence-electron chi connectivity index (χ2n) is 6.97. The summed E-state index contributed by atoms with van der Waals surface area (Å²) in [4.78, 5) is 14.9. The number of carbonyl (C=O) groups is 1. The first-order valence-electron chi connectivity index (χ1n) is 9.11. The van der Waals surface area contributed by atoms with Gasteiger partial charge in [0, 0.05) is 32.1 Å². The lowest BCUT2D eigenvalue weighted by molar-refractivity contribution is 0.101. The van der Waals surface area contributed by atoms with Crippen molar-refractivity contribution in [2.24, 2.45) is 7.05 Å². The van der Waals surface area contributed by atoms with Gasteiger partial charge in [-0.05, 0) is 12.1 Å². The Kier molecular flexibility index (Phi) is 4.57. The number of anilines is 2. The molecule has 0 atom stereocenters. The second-order valence-corrected chi connectivity index (χ2v) is 6.97. The predicted octanol–water partition coefficient (Wildman–Crippen LogP) is 2.77. The lowest BCUT2D eigenvalue weighted by Gasteiger charge is -2.29. The Bertz CT molecular complexity index is 969. The Labute approximate surface area is 157 Å². The second kappa shape index (κ2) is 7.03. The zero-order valence-corrected chi connectivity index (χ0v) is 15.7. The molecule has 142 valence electrons. The summed E-state index contributed by atoms with van der Waals surface area (Å²) in [7, 11) is 1.87. The third kappa shape index (κ3) is 3.28. The standard InChI is InChI=1S/C19H23N5O3/c1-12(2)16-11-13(22-27-16)19(25)20-18-17-14(23(3)21-18)5-4-6-15(17)24-7-9-26-10-8-24/h4-6,11-12H,7-10H2,1-3H3,(H,20,21,25). The molecule has 4 rings (SSSR count). The third-order valence-corrected chi connectivity index (χ3v) is 4.77. The van der Waals surface area contributed by atoms with Crippen molar-refractivity contribution in [2.45, 2.75) is 19.8 Å². The van der Waals surface area contributed by atoms with Crippen LogP contribution in [0.15, 0.2) is 28.8 Å². The van der Waals surface area contributed by atoms with E-state index in [0.29, 0.717) is 24.8 Å². The molecule has 2 aromatic heterocycles. The van der Waals surface area contributed by atoms with Gasteiger partial charge in [0.25, 0.3) is 5.91 Å². The summed E-state index contributed by atoms with van der Waals surface area (Å²) >= 11 is 0. The summed E-state index contributed by atoms with van der Waals surface area (Å²) in [6, 6.07) is 7.73. The quantitative estimate of drug-likeness (QED) is 0.761. The highest BCUT2D eigenvalue weighted by Crippen LogP contribution is 2.33. The molecule has 3 heterocycles. The minimum atomic E-state index is -0.331. The van der Waals surface area contributed by atoms with Crippen molar-refractivity contribution < 1.29 is 14.1 Å². The van der Waals surface area contributed by atoms with E-state index >= 15 is 0 Å². The van der Waals surface area contributed by atoms with Gasteiger partial charge in [-0.15, -0.1) is 0 Å². The van der Waals surface area contributed by atoms with Crippen molar-refractivity contribution >= 4 is 28.3 Å². The van der Waals surface area contributed by atoms with Gasteiger partial charge in [0.1, 0.15) is 5.76 Å². The van der Waals surface area contributed by atoms with Crippen LogP contribution in [0.25, 0.3) is 10.9 Å². The van der Waals surface area contributed by atoms with Gasteiger partial charge in [-0.1, -0.05) is 25.1 Å². The average Bonchev–Trinajstić information content (AvgIpc) is 3.29. The monoisotopic (exact) mass is 369 g/mol. The number of carbonyl (C=O) groups excluding carboxylic acids is 1. The maximum atomic E-state index is 12.7. The molecule has 0 bridgehead atoms. The van der Waals surface area contributed by atoms with Crippen molar-refractivity contribution in [3.63, 3.8) is 0 Å². The van der Waals surface area contributed by atoms with Crippen LogP contribution in [-0.4, -0.2) is 47.1 Å². The van der Waals surface area contributed by atoms with Gasteiger partial charge in [-0.3, -0.25) is 9.48 Å². The predicted molar refractivity (Wildman–Crippen MR) is 102 cm³/mol. The molecule has 1 aliphatic heterocycles. The van der Waals surface area contributed by atoms with Crippen LogP contribution in [-0.2, 0) is 11.8 Å². The fourth-order valence-corrected chi connectivity index (χ4v) is 3.29. The van der Waals surface area contributed by atoms with Crippen molar-refractivity contribution in [1.29, 1.82) is 0 Å². The molecule has 0 aliphatic carbocycles. The van der Waals surface area contributed by atoms with Crippen molar-refractivity contribution in [3.05, 3.63) is 35.7 Å². The third-order valence-electron chi connectivity index (χ3n) is 4.77. The van der Waals surface area contributed by atoms with E-state index in [1.807, 2.05) is 33.0 Å². The Balaban J connectivity index is 1.69. The molecule has 8 nitrogen and oxygen atoms in total. The summed E-state index contributed by atoms with van der Waals surface area (Å²) < 4.78 is 12.5. The van der Waals surface area contributed by atoms with Crippen molar-refractivity contribution in [3.8, 4) is 0 Å². The van der Waals surface area contributed by atoms with Gasteiger partial charge in [-0.25, -0.2) is 0 Å². The van der Waals surface area contributed by atoms with Gasteiger partial charge in [0.05, 0.1) is 29.8 Å². The van der Waals surface area contributed by atoms with Crippen molar-refractivity contribution in [2.75, 3.05) is 36.5 Å². The Morgan fingerprint density at radius 3 is 2.74 bits per heavy atom. The average molecular weight is 369 g/mol. The largest absolute Gasteiger partial charge is 0.378 e. The van der Waals surface area contributed by atoms with E-state index in [1.54, 1.807) is 10.7 Å². The van der Waals surface area contributed by atoms with E-state index in [0.717, 1.165) is 29.7 Å². The number of fused-ring (bicyclic) bond motifs is 1. The molecule has 0 saturated carbocycles. The number of benzene rings is 1. The summed E-state index contributed by atoms with van der Waals surface area (Å²) in [5.41, 5.74) is 2.25. The molecule has 0 unspecified atom stereocenters. The maximum Gasteiger partial charge on any atom is 0.279 e. The molecule has 1 fully saturated rings. The SMILES string of the molecule is CC(C)c1cc(C(=O)Nc2nn(C)c3cccc(N4CCOCC4)c23)no1. The Hall–Kier alpha value is -2.87. The van der Waals surface area contributed by atoms with Gasteiger partial charge in [-0.2, -0.15) is 5.10 Å². The van der Waals surface area contributed by atoms with Gasteiger partial charge >= 0.3 is 0 Å². The Morgan fingerprint density at radius 2 is 2.04 bits per heavy atom. The van der Waals surface area contributed by atoms with Crippen molar-refractivity contribution in [1.82, 2.24) is 14.9 Å². The number of aryl methyl sites for hydroxylation is 1. The van der Waals surface area contributed by atoms with Crippen LogP contribution in [0, 0.1) is 0 Å². The molecule has 1 aromatic carbocycles. The number of aromatic nitrogens is 3. The summed E-state index contributed by atoms with van der Waals surface area (Å²) in [5.74, 6) is 1.04. The molecule has 3 aromatic rings. The molecular weight excluding hydrogens is 346 g/mol. The molecular formula is C19H23N5O3. The summed E-state index contributed by atoms with van der Waals surface area (Å²) in [5, 5.41) is 12.2. The molecule has 0 spiro atoms. The van der Waals surface area contributed by atoms with E-state index in [9.17, 15) is 4.79 Å². The fourth-order valence-electron chi connectivity index (χ4n) is 3.29. The minimum Gasteiger partial charge on any atom is -0.378 e. The molecule has 1 N–H and O–H groups in total. The van der Waals surface area contributed by atoms with E-state index in [1.165, 1.54) is 0 Å². The molecule has 0 radical (unpaired) electrons. The summed E-state index contributed by atoms with van der Waals surface area (Å²) in [6.07, 6.45) is 0. The highest BCUT2D eigenvalue weighted by atomic mass is 16.5. The number of ether oxygens (including phenoxy) is 1. The van der Waals surface area contributed by atoms with E-state index < -0.39 is 0 Å². The fraction of sp³-hybridized carbons (Fsp3) is 0.421. The van der Waals surface area contributed by atoms with Crippen LogP contribution < -0.4 is 10.2 Å². The summed E-state index contributed by atoms with van der Waals surface area (Å²) in [6.45, 7) is 6.97. The lowest BCUT2D eigenvalue weighted by atomic mass is 10.1. The maximum absolute atomic E-state index is 12.7. The van der Waals surface area contributed by atoms with Gasteiger partial charge in [0.15, 0.2) is 11.5 Å². The Morgan fingerprint density at radius 1 is 1.26 bits per heavy atom. The zero-order chi connectivity index (χ0) is 19.0. The van der Waals surface area contributed by atoms with Crippen LogP contribution in [0.1, 0.15) is 36.0 Å². The van der Waals surface area contributed by atoms with E-state index in [4.69, 9.17) is 9.26 Å². The van der Waals surface area contributed by atoms with Crippen LogP contribution in [0.3, 0.4) is 0 Å². The molecule has 1 aliphatic rings. The molecule has 8 heteroatoms. The number of nitrogens with zero attached hydrogens (tertiary/aromatic N) is 4. The topological polar surface area (TPSA) is 85.4 Å². The first-order chi connectivity index (χ1) is 13.0. The lowest BCUT2D eigenvalue weighted by Crippen LogP contribution is -2.36. The highest BCUT2D eigenvalue weighted by molar-refractivity contribution is 6.10. The minimum absolute atomic E-state index is 0.169. The van der Waals surface area contributed by atoms with Gasteiger partial charge < -0.3 is 19.5 Å². The normalized spacial score (nSPS) is 14.9. The van der Waals surface area contributed by atoms with E-state index in [2.05, 4.69) is 26.5 Å². The number of amides is 1. The highest BCUT2D eigenvalue weighted by Gasteiger charge is 2.22. The number of hydrogen-bond donors (Lipinski definition) is 1. The van der Waals surface area contributed by atoms with Gasteiger partial charge in [0.2, 0.25) is 0 Å². The first kappa shape index (κ1) is 17.5. The molecule has 27 heavy (non-hydrogen) atoms. The molecule has 1 amide bonds. The van der Waals surface area contributed by atoms with E-state index in [-0.39, 0.29) is 17.5 Å². The number of morpholine rings is 1. The zero-order valence-electron chi connectivity index (χ0n) is 15.7. The van der Waals surface area contributed by atoms with Crippen LogP contribution in [0.4, 0.5) is 11.5 Å². The smallest absolute Gasteiger partial charge is 0.279 e. The van der Waals surface area contributed by atoms with Crippen LogP contribution in [0.5, 0.6) is 0 Å². The first-order valence-corrected chi connectivity index (χ1v) is 9.11. The van der Waals surface area contributed by atoms with Crippen LogP contribution >= 0.6 is 0 Å². The van der Waals surface area contributed by atoms with Crippen LogP contribution in [0.2, 0.25) is 0 Å². The number of hydrogen-bond acceptors (Lipinski definition) is 6. The molecule has 1 saturated heterocycles. The number of nitrogens with one attached hydrogen (secondary N) is 1.